The molecule has 1 saturated heterocycles. The summed E-state index contributed by atoms with van der Waals surface area (Å²) in [7, 11) is 9.00. The van der Waals surface area contributed by atoms with Crippen molar-refractivity contribution in [3.05, 3.63) is 29.8 Å². The predicted molar refractivity (Wildman–Crippen MR) is 122 cm³/mol. The number of hydrogen-bond acceptors (Lipinski definition) is 5. The zero-order chi connectivity index (χ0) is 20.0. The molecule has 0 aromatic heterocycles. The molecule has 0 radical (unpaired) electrons. The summed E-state index contributed by atoms with van der Waals surface area (Å²) >= 11 is 0. The standard InChI is InChI=1S/C20H32N4O3.HI/c1-14-12-24(13-17(14)19(25)27-6)20(21-2)22-11-18(23(3)4)15-8-7-9-16(10-15)26-5;/h7-10,14,17-18H,11-13H2,1-6H3,(H,21,22);1H. The Kier molecular flexibility index (Phi) is 10.0. The molecule has 2 rings (SSSR count). The lowest BCUT2D eigenvalue weighted by Crippen LogP contribution is -2.43. The number of esters is 1. The number of aliphatic imine (C=N–C) groups is 1. The van der Waals surface area contributed by atoms with Crippen LogP contribution in [0.3, 0.4) is 0 Å². The van der Waals surface area contributed by atoms with Gasteiger partial charge in [-0.05, 0) is 37.7 Å². The van der Waals surface area contributed by atoms with Crippen LogP contribution in [-0.2, 0) is 9.53 Å². The Hall–Kier alpha value is -1.55. The second-order valence-electron chi connectivity index (χ2n) is 7.20. The highest BCUT2D eigenvalue weighted by Gasteiger charge is 2.37. The van der Waals surface area contributed by atoms with Gasteiger partial charge in [0.15, 0.2) is 5.96 Å². The van der Waals surface area contributed by atoms with Crippen molar-refractivity contribution < 1.29 is 14.3 Å². The van der Waals surface area contributed by atoms with Crippen LogP contribution in [0.25, 0.3) is 0 Å². The molecule has 1 aromatic rings. The summed E-state index contributed by atoms with van der Waals surface area (Å²) in [6, 6.07) is 8.26. The molecular formula is C20H33IN4O3. The fourth-order valence-electron chi connectivity index (χ4n) is 3.57. The van der Waals surface area contributed by atoms with Crippen molar-refractivity contribution in [3.63, 3.8) is 0 Å². The number of nitrogens with zero attached hydrogens (tertiary/aromatic N) is 3. The first kappa shape index (κ1) is 24.5. The van der Waals surface area contributed by atoms with Gasteiger partial charge < -0.3 is 24.6 Å². The van der Waals surface area contributed by atoms with Crippen LogP contribution >= 0.6 is 24.0 Å². The first-order valence-corrected chi connectivity index (χ1v) is 9.25. The van der Waals surface area contributed by atoms with E-state index in [1.54, 1.807) is 14.2 Å². The van der Waals surface area contributed by atoms with E-state index < -0.39 is 0 Å². The number of rotatable bonds is 6. The summed E-state index contributed by atoms with van der Waals surface area (Å²) in [5.41, 5.74) is 1.17. The first-order valence-electron chi connectivity index (χ1n) is 9.25. The SMILES string of the molecule is CN=C(NCC(c1cccc(OC)c1)N(C)C)N1CC(C)C(C(=O)OC)C1.I. The fourth-order valence-corrected chi connectivity index (χ4v) is 3.57. The van der Waals surface area contributed by atoms with Gasteiger partial charge in [0.25, 0.3) is 0 Å². The molecule has 0 saturated carbocycles. The maximum Gasteiger partial charge on any atom is 0.310 e. The third-order valence-electron chi connectivity index (χ3n) is 5.18. The van der Waals surface area contributed by atoms with Crippen molar-refractivity contribution in [2.24, 2.45) is 16.8 Å². The maximum atomic E-state index is 12.0. The molecule has 8 heteroatoms. The molecule has 3 atom stereocenters. The zero-order valence-electron chi connectivity index (χ0n) is 17.6. The molecule has 0 amide bonds. The molecular weight excluding hydrogens is 471 g/mol. The number of carbonyl (C=O) groups excluding carboxylic acids is 1. The number of guanidine groups is 1. The topological polar surface area (TPSA) is 66.4 Å². The number of carbonyl (C=O) groups is 1. The molecule has 1 aliphatic heterocycles. The number of hydrogen-bond donors (Lipinski definition) is 1. The van der Waals surface area contributed by atoms with Crippen LogP contribution in [0.1, 0.15) is 18.5 Å². The average Bonchev–Trinajstić information content (AvgIpc) is 3.05. The molecule has 1 aromatic carbocycles. The molecule has 1 N–H and O–H groups in total. The third-order valence-corrected chi connectivity index (χ3v) is 5.18. The van der Waals surface area contributed by atoms with E-state index in [0.717, 1.165) is 18.3 Å². The quantitative estimate of drug-likeness (QED) is 0.278. The van der Waals surface area contributed by atoms with Gasteiger partial charge in [0.2, 0.25) is 0 Å². The van der Waals surface area contributed by atoms with Crippen LogP contribution in [0.2, 0.25) is 0 Å². The fraction of sp³-hybridized carbons (Fsp3) is 0.600. The molecule has 3 unspecified atom stereocenters. The lowest BCUT2D eigenvalue weighted by atomic mass is 9.99. The molecule has 1 heterocycles. The Bertz CT molecular complexity index is 669. The number of halogens is 1. The summed E-state index contributed by atoms with van der Waals surface area (Å²) in [6.07, 6.45) is 0. The minimum atomic E-state index is -0.150. The van der Waals surface area contributed by atoms with Gasteiger partial charge in [-0.15, -0.1) is 24.0 Å². The Morgan fingerprint density at radius 3 is 2.64 bits per heavy atom. The van der Waals surface area contributed by atoms with Gasteiger partial charge in [-0.25, -0.2) is 0 Å². The smallest absolute Gasteiger partial charge is 0.310 e. The van der Waals surface area contributed by atoms with E-state index in [1.807, 2.05) is 12.1 Å². The second-order valence-corrected chi connectivity index (χ2v) is 7.20. The van der Waals surface area contributed by atoms with Gasteiger partial charge >= 0.3 is 5.97 Å². The maximum absolute atomic E-state index is 12.0. The molecule has 0 aliphatic carbocycles. The molecule has 7 nitrogen and oxygen atoms in total. The van der Waals surface area contributed by atoms with Gasteiger partial charge in [0, 0.05) is 26.7 Å². The van der Waals surface area contributed by atoms with Crippen LogP contribution in [0.4, 0.5) is 0 Å². The van der Waals surface area contributed by atoms with E-state index in [-0.39, 0.29) is 47.8 Å². The number of likely N-dealkylation sites (N-methyl/N-ethyl adjacent to an activating group) is 1. The van der Waals surface area contributed by atoms with Crippen LogP contribution in [0.5, 0.6) is 5.75 Å². The highest BCUT2D eigenvalue weighted by molar-refractivity contribution is 14.0. The van der Waals surface area contributed by atoms with E-state index >= 15 is 0 Å². The number of methoxy groups -OCH3 is 2. The lowest BCUT2D eigenvalue weighted by Gasteiger charge is -2.28. The van der Waals surface area contributed by atoms with Gasteiger partial charge in [0.1, 0.15) is 5.75 Å². The van der Waals surface area contributed by atoms with Crippen LogP contribution in [0, 0.1) is 11.8 Å². The van der Waals surface area contributed by atoms with E-state index in [2.05, 4.69) is 53.3 Å². The Labute approximate surface area is 185 Å². The molecule has 1 fully saturated rings. The number of benzene rings is 1. The summed E-state index contributed by atoms with van der Waals surface area (Å²) in [5, 5.41) is 3.47. The Morgan fingerprint density at radius 2 is 2.07 bits per heavy atom. The monoisotopic (exact) mass is 504 g/mol. The van der Waals surface area contributed by atoms with Gasteiger partial charge in [-0.1, -0.05) is 19.1 Å². The molecule has 0 bridgehead atoms. The Balaban J connectivity index is 0.00000392. The van der Waals surface area contributed by atoms with E-state index in [4.69, 9.17) is 9.47 Å². The molecule has 28 heavy (non-hydrogen) atoms. The summed E-state index contributed by atoms with van der Waals surface area (Å²) in [5.74, 6) is 1.62. The Morgan fingerprint density at radius 1 is 1.36 bits per heavy atom. The van der Waals surface area contributed by atoms with Gasteiger partial charge in [-0.3, -0.25) is 9.79 Å². The minimum Gasteiger partial charge on any atom is -0.497 e. The molecule has 158 valence electrons. The van der Waals surface area contributed by atoms with Crippen molar-refractivity contribution in [3.8, 4) is 5.75 Å². The van der Waals surface area contributed by atoms with Gasteiger partial charge in [-0.2, -0.15) is 0 Å². The molecule has 0 spiro atoms. The zero-order valence-corrected chi connectivity index (χ0v) is 20.0. The average molecular weight is 504 g/mol. The second kappa shape index (κ2) is 11.5. The highest BCUT2D eigenvalue weighted by Crippen LogP contribution is 2.25. The van der Waals surface area contributed by atoms with Crippen LogP contribution < -0.4 is 10.1 Å². The van der Waals surface area contributed by atoms with Crippen molar-refractivity contribution in [1.29, 1.82) is 0 Å². The number of ether oxygens (including phenoxy) is 2. The predicted octanol–water partition coefficient (Wildman–Crippen LogP) is 2.23. The normalized spacial score (nSPS) is 20.5. The van der Waals surface area contributed by atoms with Crippen molar-refractivity contribution >= 4 is 35.9 Å². The van der Waals surface area contributed by atoms with Crippen LogP contribution in [-0.4, -0.2) is 76.7 Å². The largest absolute Gasteiger partial charge is 0.497 e. The van der Waals surface area contributed by atoms with E-state index in [0.29, 0.717) is 13.1 Å². The van der Waals surface area contributed by atoms with E-state index in [9.17, 15) is 4.79 Å². The van der Waals surface area contributed by atoms with Crippen molar-refractivity contribution in [2.75, 3.05) is 55.0 Å². The van der Waals surface area contributed by atoms with Gasteiger partial charge in [0.05, 0.1) is 26.2 Å². The van der Waals surface area contributed by atoms with Crippen LogP contribution in [0.15, 0.2) is 29.3 Å². The number of likely N-dealkylation sites (tertiary alicyclic amines) is 1. The summed E-state index contributed by atoms with van der Waals surface area (Å²) in [6.45, 7) is 4.18. The summed E-state index contributed by atoms with van der Waals surface area (Å²) in [4.78, 5) is 20.7. The van der Waals surface area contributed by atoms with Crippen molar-refractivity contribution in [1.82, 2.24) is 15.1 Å². The summed E-state index contributed by atoms with van der Waals surface area (Å²) < 4.78 is 10.3. The van der Waals surface area contributed by atoms with E-state index in [1.165, 1.54) is 12.7 Å². The first-order chi connectivity index (χ1) is 12.9. The highest BCUT2D eigenvalue weighted by atomic mass is 127. The lowest BCUT2D eigenvalue weighted by molar-refractivity contribution is -0.145. The number of nitrogens with one attached hydrogen (secondary N) is 1. The third kappa shape index (κ3) is 5.97. The minimum absolute atomic E-state index is 0. The molecule has 1 aliphatic rings. The van der Waals surface area contributed by atoms with Crippen molar-refractivity contribution in [2.45, 2.75) is 13.0 Å².